The SMILES string of the molecule is Cc1nc2c(s1)CC(C)C(=O)c1[nH]ncc1-2. The van der Waals surface area contributed by atoms with Gasteiger partial charge in [-0.2, -0.15) is 5.10 Å². The summed E-state index contributed by atoms with van der Waals surface area (Å²) < 4.78 is 0. The molecule has 0 amide bonds. The Balaban J connectivity index is 2.29. The Morgan fingerprint density at radius 2 is 2.38 bits per heavy atom. The number of carbonyl (C=O) groups excluding carboxylic acids is 1. The van der Waals surface area contributed by atoms with E-state index in [0.29, 0.717) is 5.69 Å². The highest BCUT2D eigenvalue weighted by molar-refractivity contribution is 7.12. The van der Waals surface area contributed by atoms with E-state index in [2.05, 4.69) is 15.2 Å². The van der Waals surface area contributed by atoms with E-state index < -0.39 is 0 Å². The third-order valence-corrected chi connectivity index (χ3v) is 3.88. The molecule has 0 saturated carbocycles. The van der Waals surface area contributed by atoms with Gasteiger partial charge in [-0.1, -0.05) is 6.92 Å². The van der Waals surface area contributed by atoms with Crippen molar-refractivity contribution in [2.24, 2.45) is 5.92 Å². The fourth-order valence-electron chi connectivity index (χ4n) is 2.09. The predicted molar refractivity (Wildman–Crippen MR) is 61.6 cm³/mol. The number of nitrogens with one attached hydrogen (secondary N) is 1. The van der Waals surface area contributed by atoms with Crippen LogP contribution in [0.4, 0.5) is 0 Å². The number of thiazole rings is 1. The second-order valence-corrected chi connectivity index (χ2v) is 5.42. The lowest BCUT2D eigenvalue weighted by Crippen LogP contribution is -2.12. The van der Waals surface area contributed by atoms with Gasteiger partial charge in [0.2, 0.25) is 0 Å². The maximum atomic E-state index is 12.1. The molecular weight excluding hydrogens is 222 g/mol. The van der Waals surface area contributed by atoms with Gasteiger partial charge in [0.05, 0.1) is 22.5 Å². The van der Waals surface area contributed by atoms with Crippen LogP contribution in [0, 0.1) is 12.8 Å². The number of hydrogen-bond donors (Lipinski definition) is 1. The van der Waals surface area contributed by atoms with Gasteiger partial charge in [0.25, 0.3) is 0 Å². The number of hydrogen-bond acceptors (Lipinski definition) is 4. The first kappa shape index (κ1) is 9.72. The van der Waals surface area contributed by atoms with Crippen molar-refractivity contribution >= 4 is 17.1 Å². The van der Waals surface area contributed by atoms with Crippen molar-refractivity contribution in [2.75, 3.05) is 0 Å². The molecule has 2 heterocycles. The highest BCUT2D eigenvalue weighted by Crippen LogP contribution is 2.35. The lowest BCUT2D eigenvalue weighted by Gasteiger charge is -2.04. The molecule has 0 saturated heterocycles. The van der Waals surface area contributed by atoms with Crippen LogP contribution in [0.5, 0.6) is 0 Å². The summed E-state index contributed by atoms with van der Waals surface area (Å²) in [6.07, 6.45) is 2.48. The molecule has 1 unspecified atom stereocenters. The van der Waals surface area contributed by atoms with E-state index >= 15 is 0 Å². The van der Waals surface area contributed by atoms with Crippen LogP contribution >= 0.6 is 11.3 Å². The van der Waals surface area contributed by atoms with Crippen LogP contribution in [0.15, 0.2) is 6.20 Å². The van der Waals surface area contributed by atoms with E-state index in [1.54, 1.807) is 17.5 Å². The molecule has 2 aromatic rings. The Morgan fingerprint density at radius 1 is 1.56 bits per heavy atom. The minimum absolute atomic E-state index is 0.000278. The Bertz CT molecular complexity index is 570. The summed E-state index contributed by atoms with van der Waals surface area (Å²) in [7, 11) is 0. The molecule has 1 atom stereocenters. The monoisotopic (exact) mass is 233 g/mol. The van der Waals surface area contributed by atoms with Crippen molar-refractivity contribution in [1.29, 1.82) is 0 Å². The second kappa shape index (κ2) is 3.25. The first-order chi connectivity index (χ1) is 7.66. The summed E-state index contributed by atoms with van der Waals surface area (Å²) in [5.74, 6) is 0.135. The summed E-state index contributed by atoms with van der Waals surface area (Å²) >= 11 is 1.67. The third-order valence-electron chi connectivity index (χ3n) is 2.88. The van der Waals surface area contributed by atoms with Crippen LogP contribution in [-0.2, 0) is 6.42 Å². The van der Waals surface area contributed by atoms with Gasteiger partial charge in [-0.25, -0.2) is 4.98 Å². The summed E-state index contributed by atoms with van der Waals surface area (Å²) in [5.41, 5.74) is 2.40. The predicted octanol–water partition coefficient (Wildman–Crippen LogP) is 2.22. The van der Waals surface area contributed by atoms with E-state index in [1.807, 2.05) is 13.8 Å². The molecule has 1 N–H and O–H groups in total. The molecule has 2 aromatic heterocycles. The fourth-order valence-corrected chi connectivity index (χ4v) is 3.17. The number of H-pyrrole nitrogens is 1. The van der Waals surface area contributed by atoms with Crippen LogP contribution in [0.2, 0.25) is 0 Å². The zero-order valence-corrected chi connectivity index (χ0v) is 9.89. The van der Waals surface area contributed by atoms with E-state index in [4.69, 9.17) is 0 Å². The fraction of sp³-hybridized carbons (Fsp3) is 0.364. The Morgan fingerprint density at radius 3 is 3.19 bits per heavy atom. The molecule has 5 heteroatoms. The highest BCUT2D eigenvalue weighted by atomic mass is 32.1. The van der Waals surface area contributed by atoms with E-state index in [9.17, 15) is 4.79 Å². The van der Waals surface area contributed by atoms with Crippen LogP contribution < -0.4 is 0 Å². The van der Waals surface area contributed by atoms with E-state index in [0.717, 1.165) is 22.7 Å². The van der Waals surface area contributed by atoms with E-state index in [-0.39, 0.29) is 11.7 Å². The van der Waals surface area contributed by atoms with Crippen molar-refractivity contribution in [3.8, 4) is 11.3 Å². The van der Waals surface area contributed by atoms with Crippen LogP contribution in [0.25, 0.3) is 11.3 Å². The van der Waals surface area contributed by atoms with Gasteiger partial charge in [-0.3, -0.25) is 9.89 Å². The summed E-state index contributed by atoms with van der Waals surface area (Å²) in [4.78, 5) is 17.7. The van der Waals surface area contributed by atoms with E-state index in [1.165, 1.54) is 4.88 Å². The zero-order valence-electron chi connectivity index (χ0n) is 9.07. The highest BCUT2D eigenvalue weighted by Gasteiger charge is 2.29. The van der Waals surface area contributed by atoms with Crippen LogP contribution in [0.3, 0.4) is 0 Å². The summed E-state index contributed by atoms with van der Waals surface area (Å²) in [6.45, 7) is 3.95. The molecule has 0 spiro atoms. The van der Waals surface area contributed by atoms with Gasteiger partial charge < -0.3 is 0 Å². The molecule has 1 aliphatic carbocycles. The van der Waals surface area contributed by atoms with Gasteiger partial charge in [-0.15, -0.1) is 11.3 Å². The number of carbonyl (C=O) groups is 1. The summed E-state index contributed by atoms with van der Waals surface area (Å²) in [6, 6.07) is 0. The molecule has 0 aromatic carbocycles. The number of aromatic amines is 1. The zero-order chi connectivity index (χ0) is 11.3. The van der Waals surface area contributed by atoms with Crippen molar-refractivity contribution in [3.05, 3.63) is 21.8 Å². The standard InChI is InChI=1S/C11H11N3OS/c1-5-3-8-9(13-6(2)16-8)7-4-12-14-10(7)11(5)15/h4-5H,3H2,1-2H3,(H,12,14). The number of ketones is 1. The Hall–Kier alpha value is -1.49. The Labute approximate surface area is 96.7 Å². The lowest BCUT2D eigenvalue weighted by atomic mass is 10.0. The molecule has 0 bridgehead atoms. The van der Waals surface area contributed by atoms with Crippen LogP contribution in [0.1, 0.15) is 27.3 Å². The number of aryl methyl sites for hydroxylation is 1. The lowest BCUT2D eigenvalue weighted by molar-refractivity contribution is 0.0927. The first-order valence-corrected chi connectivity index (χ1v) is 6.02. The minimum atomic E-state index is 0.000278. The Kier molecular flexibility index (Phi) is 1.97. The number of nitrogens with zero attached hydrogens (tertiary/aromatic N) is 2. The van der Waals surface area contributed by atoms with Crippen molar-refractivity contribution < 1.29 is 4.79 Å². The molecule has 1 aliphatic rings. The smallest absolute Gasteiger partial charge is 0.184 e. The van der Waals surface area contributed by atoms with Gasteiger partial charge >= 0.3 is 0 Å². The largest absolute Gasteiger partial charge is 0.292 e. The molecular formula is C11H11N3OS. The van der Waals surface area contributed by atoms with Crippen molar-refractivity contribution in [1.82, 2.24) is 15.2 Å². The quantitative estimate of drug-likeness (QED) is 0.759. The number of fused-ring (bicyclic) bond motifs is 3. The molecule has 16 heavy (non-hydrogen) atoms. The molecule has 0 fully saturated rings. The average Bonchev–Trinajstić information content (AvgIpc) is 2.81. The molecule has 4 nitrogen and oxygen atoms in total. The minimum Gasteiger partial charge on any atom is -0.292 e. The van der Waals surface area contributed by atoms with Crippen molar-refractivity contribution in [2.45, 2.75) is 20.3 Å². The topological polar surface area (TPSA) is 58.6 Å². The van der Waals surface area contributed by atoms with Gasteiger partial charge in [0.15, 0.2) is 5.78 Å². The number of aromatic nitrogens is 3. The maximum absolute atomic E-state index is 12.1. The first-order valence-electron chi connectivity index (χ1n) is 5.21. The molecule has 82 valence electrons. The second-order valence-electron chi connectivity index (χ2n) is 4.13. The van der Waals surface area contributed by atoms with Crippen molar-refractivity contribution in [3.63, 3.8) is 0 Å². The van der Waals surface area contributed by atoms with Crippen LogP contribution in [-0.4, -0.2) is 21.0 Å². The normalized spacial score (nSPS) is 19.1. The molecule has 0 aliphatic heterocycles. The summed E-state index contributed by atoms with van der Waals surface area (Å²) in [5, 5.41) is 7.79. The van der Waals surface area contributed by atoms with Gasteiger partial charge in [0.1, 0.15) is 5.69 Å². The maximum Gasteiger partial charge on any atom is 0.184 e. The molecule has 3 rings (SSSR count). The third kappa shape index (κ3) is 1.24. The average molecular weight is 233 g/mol. The number of rotatable bonds is 0. The number of Topliss-reactive ketones (excluding diaryl/α,β-unsaturated/α-hetero) is 1. The van der Waals surface area contributed by atoms with Gasteiger partial charge in [-0.05, 0) is 13.3 Å². The van der Waals surface area contributed by atoms with Gasteiger partial charge in [0, 0.05) is 10.8 Å². The molecule has 0 radical (unpaired) electrons.